The number of halogens is 3. The largest absolute Gasteiger partial charge is 0.471 e. The fourth-order valence-corrected chi connectivity index (χ4v) is 2.61. The number of piperidine rings is 1. The van der Waals surface area contributed by atoms with E-state index in [1.165, 1.54) is 25.3 Å². The van der Waals surface area contributed by atoms with Gasteiger partial charge >= 0.3 is 18.1 Å². The quantitative estimate of drug-likeness (QED) is 0.856. The van der Waals surface area contributed by atoms with Gasteiger partial charge in [-0.3, -0.25) is 4.79 Å². The number of benzene rings is 1. The van der Waals surface area contributed by atoms with Gasteiger partial charge in [0.2, 0.25) is 0 Å². The van der Waals surface area contributed by atoms with Crippen LogP contribution in [0.25, 0.3) is 0 Å². The number of nitrogens with zero attached hydrogens (tertiary/aromatic N) is 1. The molecule has 1 aromatic carbocycles. The molecule has 0 bridgehead atoms. The van der Waals surface area contributed by atoms with E-state index in [0.717, 1.165) is 25.9 Å². The van der Waals surface area contributed by atoms with Gasteiger partial charge in [-0.05, 0) is 37.0 Å². The van der Waals surface area contributed by atoms with E-state index in [1.807, 2.05) is 4.90 Å². The van der Waals surface area contributed by atoms with Crippen LogP contribution in [0.1, 0.15) is 30.1 Å². The molecule has 0 radical (unpaired) electrons. The van der Waals surface area contributed by atoms with Crippen molar-refractivity contribution in [2.75, 3.05) is 30.4 Å². The lowest BCUT2D eigenvalue weighted by atomic mass is 9.98. The van der Waals surface area contributed by atoms with Crippen LogP contribution in [-0.2, 0) is 9.53 Å². The molecule has 1 amide bonds. The number of esters is 1. The number of anilines is 2. The first-order valence-corrected chi connectivity index (χ1v) is 7.58. The van der Waals surface area contributed by atoms with E-state index in [2.05, 4.69) is 6.92 Å². The van der Waals surface area contributed by atoms with Crippen LogP contribution in [-0.4, -0.2) is 38.3 Å². The van der Waals surface area contributed by atoms with E-state index < -0.39 is 18.1 Å². The van der Waals surface area contributed by atoms with Crippen LogP contribution in [0.3, 0.4) is 0 Å². The van der Waals surface area contributed by atoms with Crippen molar-refractivity contribution in [3.63, 3.8) is 0 Å². The summed E-state index contributed by atoms with van der Waals surface area (Å²) in [5.74, 6) is -2.15. The third-order valence-corrected chi connectivity index (χ3v) is 4.04. The maximum absolute atomic E-state index is 12.4. The smallest absolute Gasteiger partial charge is 0.465 e. The van der Waals surface area contributed by atoms with Gasteiger partial charge in [-0.25, -0.2) is 4.79 Å². The number of hydrogen-bond donors (Lipinski definition) is 1. The van der Waals surface area contributed by atoms with E-state index in [9.17, 15) is 22.8 Å². The molecular weight excluding hydrogens is 325 g/mol. The molecule has 1 fully saturated rings. The Balaban J connectivity index is 2.29. The van der Waals surface area contributed by atoms with Gasteiger partial charge in [-0.1, -0.05) is 6.92 Å². The zero-order chi connectivity index (χ0) is 17.9. The third-order valence-electron chi connectivity index (χ3n) is 4.04. The van der Waals surface area contributed by atoms with Crippen molar-refractivity contribution in [3.8, 4) is 0 Å². The van der Waals surface area contributed by atoms with Crippen LogP contribution in [0, 0.1) is 5.92 Å². The molecule has 132 valence electrons. The summed E-state index contributed by atoms with van der Waals surface area (Å²) in [5, 5.41) is 1.75. The molecule has 8 heteroatoms. The van der Waals surface area contributed by atoms with Crippen LogP contribution >= 0.6 is 0 Å². The lowest BCUT2D eigenvalue weighted by molar-refractivity contribution is -0.167. The molecule has 1 N–H and O–H groups in total. The Morgan fingerprint density at radius 3 is 2.42 bits per heavy atom. The first-order chi connectivity index (χ1) is 11.2. The average molecular weight is 344 g/mol. The Bertz CT molecular complexity index is 623. The summed E-state index contributed by atoms with van der Waals surface area (Å²) in [6.07, 6.45) is -3.06. The SMILES string of the molecule is COC(=O)c1cc(NC(=O)C(F)(F)F)ccc1N1CCC(C)CC1. The van der Waals surface area contributed by atoms with Gasteiger partial charge in [0, 0.05) is 18.8 Å². The minimum atomic E-state index is -4.99. The van der Waals surface area contributed by atoms with Crippen molar-refractivity contribution >= 4 is 23.3 Å². The molecule has 1 heterocycles. The average Bonchev–Trinajstić information content (AvgIpc) is 2.54. The second-order valence-corrected chi connectivity index (χ2v) is 5.84. The van der Waals surface area contributed by atoms with Gasteiger partial charge in [0.1, 0.15) is 0 Å². The topological polar surface area (TPSA) is 58.6 Å². The number of carbonyl (C=O) groups excluding carboxylic acids is 2. The summed E-state index contributed by atoms with van der Waals surface area (Å²) in [6, 6.07) is 4.10. The zero-order valence-electron chi connectivity index (χ0n) is 13.4. The van der Waals surface area contributed by atoms with Gasteiger partial charge in [0.15, 0.2) is 0 Å². The Kier molecular flexibility index (Phi) is 5.36. The highest BCUT2D eigenvalue weighted by molar-refractivity contribution is 6.00. The Morgan fingerprint density at radius 1 is 1.25 bits per heavy atom. The second-order valence-electron chi connectivity index (χ2n) is 5.84. The molecule has 0 saturated carbocycles. The lowest BCUT2D eigenvalue weighted by Gasteiger charge is -2.33. The number of amides is 1. The molecule has 24 heavy (non-hydrogen) atoms. The Labute approximate surface area is 137 Å². The molecule has 1 saturated heterocycles. The van der Waals surface area contributed by atoms with Gasteiger partial charge in [-0.15, -0.1) is 0 Å². The van der Waals surface area contributed by atoms with Crippen LogP contribution in [0.15, 0.2) is 18.2 Å². The molecule has 2 rings (SSSR count). The van der Waals surface area contributed by atoms with E-state index in [4.69, 9.17) is 4.74 Å². The maximum Gasteiger partial charge on any atom is 0.471 e. The zero-order valence-corrected chi connectivity index (χ0v) is 13.4. The molecule has 1 aromatic rings. The minimum absolute atomic E-state index is 0.105. The third kappa shape index (κ3) is 4.18. The number of alkyl halides is 3. The van der Waals surface area contributed by atoms with Crippen molar-refractivity contribution in [2.24, 2.45) is 5.92 Å². The lowest BCUT2D eigenvalue weighted by Crippen LogP contribution is -2.34. The number of rotatable bonds is 3. The van der Waals surface area contributed by atoms with Gasteiger partial charge < -0.3 is 15.0 Å². The molecular formula is C16H19F3N2O3. The molecule has 5 nitrogen and oxygen atoms in total. The van der Waals surface area contributed by atoms with Crippen LogP contribution in [0.5, 0.6) is 0 Å². The Hall–Kier alpha value is -2.25. The normalized spacial score (nSPS) is 16.0. The molecule has 0 spiro atoms. The van der Waals surface area contributed by atoms with E-state index in [0.29, 0.717) is 11.6 Å². The predicted octanol–water partition coefficient (Wildman–Crippen LogP) is 3.21. The predicted molar refractivity (Wildman–Crippen MR) is 83.1 cm³/mol. The molecule has 0 aliphatic carbocycles. The summed E-state index contributed by atoms with van der Waals surface area (Å²) in [4.78, 5) is 25.0. The van der Waals surface area contributed by atoms with Crippen molar-refractivity contribution in [1.82, 2.24) is 0 Å². The van der Waals surface area contributed by atoms with E-state index in [1.54, 1.807) is 5.32 Å². The van der Waals surface area contributed by atoms with Crippen molar-refractivity contribution < 1.29 is 27.5 Å². The second kappa shape index (κ2) is 7.11. The van der Waals surface area contributed by atoms with Crippen LogP contribution in [0.4, 0.5) is 24.5 Å². The highest BCUT2D eigenvalue weighted by Gasteiger charge is 2.38. The monoisotopic (exact) mass is 344 g/mol. The highest BCUT2D eigenvalue weighted by atomic mass is 19.4. The number of hydrogen-bond acceptors (Lipinski definition) is 4. The summed E-state index contributed by atoms with van der Waals surface area (Å²) in [6.45, 7) is 3.65. The van der Waals surface area contributed by atoms with Gasteiger partial charge in [0.05, 0.1) is 18.4 Å². The number of methoxy groups -OCH3 is 1. The first-order valence-electron chi connectivity index (χ1n) is 7.58. The summed E-state index contributed by atoms with van der Waals surface area (Å²) < 4.78 is 41.8. The number of ether oxygens (including phenoxy) is 1. The molecule has 1 aliphatic rings. The van der Waals surface area contributed by atoms with E-state index in [-0.39, 0.29) is 11.3 Å². The first kappa shape index (κ1) is 18.1. The minimum Gasteiger partial charge on any atom is -0.465 e. The fourth-order valence-electron chi connectivity index (χ4n) is 2.61. The fraction of sp³-hybridized carbons (Fsp3) is 0.500. The van der Waals surface area contributed by atoms with E-state index >= 15 is 0 Å². The Morgan fingerprint density at radius 2 is 1.88 bits per heavy atom. The van der Waals surface area contributed by atoms with Gasteiger partial charge in [0.25, 0.3) is 0 Å². The summed E-state index contributed by atoms with van der Waals surface area (Å²) >= 11 is 0. The van der Waals surface area contributed by atoms with Gasteiger partial charge in [-0.2, -0.15) is 13.2 Å². The number of carbonyl (C=O) groups is 2. The molecule has 0 atom stereocenters. The summed E-state index contributed by atoms with van der Waals surface area (Å²) in [7, 11) is 1.20. The van der Waals surface area contributed by atoms with Crippen LogP contribution in [0.2, 0.25) is 0 Å². The highest BCUT2D eigenvalue weighted by Crippen LogP contribution is 2.29. The van der Waals surface area contributed by atoms with Crippen molar-refractivity contribution in [1.29, 1.82) is 0 Å². The summed E-state index contributed by atoms with van der Waals surface area (Å²) in [5.41, 5.74) is 0.623. The molecule has 1 aliphatic heterocycles. The molecule has 0 aromatic heterocycles. The van der Waals surface area contributed by atoms with Crippen molar-refractivity contribution in [3.05, 3.63) is 23.8 Å². The van der Waals surface area contributed by atoms with Crippen molar-refractivity contribution in [2.45, 2.75) is 25.9 Å². The maximum atomic E-state index is 12.4. The number of nitrogens with one attached hydrogen (secondary N) is 1. The molecule has 0 unspecified atom stereocenters. The van der Waals surface area contributed by atoms with Crippen LogP contribution < -0.4 is 10.2 Å². The standard InChI is InChI=1S/C16H19F3N2O3/c1-10-5-7-21(8-6-10)13-4-3-11(9-12(13)14(22)24-2)20-15(23)16(17,18)19/h3-4,9-10H,5-8H2,1-2H3,(H,20,23).